The van der Waals surface area contributed by atoms with E-state index in [2.05, 4.69) is 342 Å². The Balaban J connectivity index is 0.000000132. The van der Waals surface area contributed by atoms with E-state index < -0.39 is 0 Å². The Morgan fingerprint density at radius 1 is 0.184 bits per heavy atom. The molecule has 0 fully saturated rings. The maximum absolute atomic E-state index is 3.61. The van der Waals surface area contributed by atoms with Crippen LogP contribution in [0.15, 0.2) is 332 Å². The third-order valence-electron chi connectivity index (χ3n) is 21.7. The predicted molar refractivity (Wildman–Crippen MR) is 441 cm³/mol. The van der Waals surface area contributed by atoms with E-state index in [1.54, 1.807) is 61.2 Å². The lowest BCUT2D eigenvalue weighted by atomic mass is 9.73. The van der Waals surface area contributed by atoms with Crippen molar-refractivity contribution in [3.8, 4) is 89.0 Å². The van der Waals surface area contributed by atoms with Gasteiger partial charge in [0.05, 0.1) is 0 Å². The predicted octanol–water partition coefficient (Wildman–Crippen LogP) is 27.9. The molecule has 18 rings (SSSR count). The lowest BCUT2D eigenvalue weighted by Gasteiger charge is -2.32. The molecule has 1 N–H and O–H groups in total. The van der Waals surface area contributed by atoms with Crippen LogP contribution in [0, 0.1) is 0 Å². The third-order valence-corrected chi connectivity index (χ3v) is 22.2. The van der Waals surface area contributed by atoms with Crippen molar-refractivity contribution in [1.29, 1.82) is 0 Å². The van der Waals surface area contributed by atoms with Crippen molar-refractivity contribution in [1.82, 2.24) is 0 Å². The van der Waals surface area contributed by atoms with Gasteiger partial charge in [-0.25, -0.2) is 0 Å². The summed E-state index contributed by atoms with van der Waals surface area (Å²) in [7, 11) is 0. The van der Waals surface area contributed by atoms with E-state index in [1.807, 2.05) is 12.1 Å². The molecule has 0 aliphatic heterocycles. The van der Waals surface area contributed by atoms with Gasteiger partial charge < -0.3 is 10.2 Å². The van der Waals surface area contributed by atoms with Gasteiger partial charge in [-0.15, -0.1) is 0 Å². The van der Waals surface area contributed by atoms with Gasteiger partial charge in [0.15, 0.2) is 0 Å². The van der Waals surface area contributed by atoms with Crippen molar-refractivity contribution in [3.05, 3.63) is 377 Å². The highest BCUT2D eigenvalue weighted by atomic mass is 79.9. The van der Waals surface area contributed by atoms with E-state index in [9.17, 15) is 0 Å². The Hall–Kier alpha value is -10.8. The van der Waals surface area contributed by atoms with Crippen LogP contribution in [0.4, 0.5) is 28.4 Å². The summed E-state index contributed by atoms with van der Waals surface area (Å²) in [4.78, 5) is 2.40. The highest BCUT2D eigenvalue weighted by Gasteiger charge is 2.30. The van der Waals surface area contributed by atoms with Crippen LogP contribution in [0.3, 0.4) is 0 Å². The average molecular weight is 1400 g/mol. The van der Waals surface area contributed by atoms with Crippen molar-refractivity contribution < 1.29 is 0 Å². The van der Waals surface area contributed by atoms with Crippen LogP contribution in [-0.4, -0.2) is 0 Å². The second-order valence-corrected chi connectivity index (χ2v) is 29.0. The largest absolute Gasteiger partial charge is 0.356 e. The van der Waals surface area contributed by atoms with Crippen molar-refractivity contribution in [2.24, 2.45) is 0 Å². The van der Waals surface area contributed by atoms with Gasteiger partial charge in [-0.1, -0.05) is 271 Å². The maximum Gasteiger partial charge on any atom is 0.0462 e. The van der Waals surface area contributed by atoms with E-state index in [0.29, 0.717) is 0 Å². The van der Waals surface area contributed by atoms with Crippen LogP contribution in [0.5, 0.6) is 0 Å². The molecule has 14 aromatic rings. The minimum atomic E-state index is 1.09. The van der Waals surface area contributed by atoms with E-state index in [1.165, 1.54) is 181 Å². The van der Waals surface area contributed by atoms with Gasteiger partial charge in [-0.05, 0) is 309 Å². The summed E-state index contributed by atoms with van der Waals surface area (Å²) in [5.74, 6) is 0. The molecule has 3 heteroatoms. The van der Waals surface area contributed by atoms with Crippen LogP contribution < -0.4 is 10.2 Å². The fourth-order valence-corrected chi connectivity index (χ4v) is 17.1. The molecular weight excluding hydrogens is 1310 g/mol. The highest BCUT2D eigenvalue weighted by Crippen LogP contribution is 2.49. The number of hydrogen-bond donors (Lipinski definition) is 1. The van der Waals surface area contributed by atoms with Crippen LogP contribution >= 0.6 is 15.9 Å². The molecule has 0 amide bonds. The van der Waals surface area contributed by atoms with Gasteiger partial charge in [0, 0.05) is 32.9 Å². The maximum atomic E-state index is 3.61. The summed E-state index contributed by atoms with van der Waals surface area (Å²) in [5, 5.41) is 3.46. The minimum Gasteiger partial charge on any atom is -0.356 e. The number of anilines is 5. The van der Waals surface area contributed by atoms with Crippen molar-refractivity contribution in [2.75, 3.05) is 10.2 Å². The lowest BCUT2D eigenvalue weighted by Crippen LogP contribution is -2.15. The molecule has 4 aliphatic carbocycles. The first-order chi connectivity index (χ1) is 51.0. The topological polar surface area (TPSA) is 15.3 Å². The number of hydrogen-bond acceptors (Lipinski definition) is 2. The molecule has 0 heterocycles. The molecule has 2 nitrogen and oxygen atoms in total. The van der Waals surface area contributed by atoms with E-state index >= 15 is 0 Å². The number of fused-ring (bicyclic) bond motifs is 4. The van der Waals surface area contributed by atoms with Crippen molar-refractivity contribution >= 4 is 44.4 Å². The van der Waals surface area contributed by atoms with Crippen LogP contribution in [0.25, 0.3) is 89.0 Å². The summed E-state index contributed by atoms with van der Waals surface area (Å²) in [6.07, 6.45) is 20.1. The Bertz CT molecular complexity index is 4900. The number of halogens is 1. The first kappa shape index (κ1) is 66.7. The van der Waals surface area contributed by atoms with Gasteiger partial charge >= 0.3 is 0 Å². The number of nitrogens with one attached hydrogen (secondary N) is 1. The highest BCUT2D eigenvalue weighted by molar-refractivity contribution is 9.10. The van der Waals surface area contributed by atoms with Crippen LogP contribution in [0.1, 0.15) is 95.9 Å². The summed E-state index contributed by atoms with van der Waals surface area (Å²) in [6, 6.07) is 118. The molecule has 0 aromatic heterocycles. The van der Waals surface area contributed by atoms with Crippen molar-refractivity contribution in [2.45, 2.75) is 103 Å². The van der Waals surface area contributed by atoms with Gasteiger partial charge in [0.25, 0.3) is 0 Å². The molecule has 14 aromatic carbocycles. The standard InChI is InChI=1S/C50H43N.C26H25Br.C24H19N/c1-4-14-36(15-5-1)38-24-30-42(31-25-38)51(43-32-26-39(27-33-43)37-16-6-2-7-17-37)44-34-28-41(29-35-44)50-47-22-12-10-20-45(47)49(40-18-8-3-9-19-40)46-21-11-13-23-48(46)50;27-20-16-14-19(15-17-20)26-23-12-6-4-10-21(23)25(18-8-2-1-3-9-18)22-11-5-7-13-24(22)26;1-3-7-19(8-4-1)21-11-15-23(16-12-21)25-24-17-13-22(14-18-24)20-9-5-2-6-10-20/h1-9,14-19,24-35H,10-13,20-23H2;1-3,8-9,14-17H,4-7,10-13H2;1-18,25H. The molecular formula is C100H87BrN2. The summed E-state index contributed by atoms with van der Waals surface area (Å²) < 4.78 is 1.16. The monoisotopic (exact) mass is 1390 g/mol. The summed E-state index contributed by atoms with van der Waals surface area (Å²) in [6.45, 7) is 0. The molecule has 0 radical (unpaired) electrons. The van der Waals surface area contributed by atoms with Crippen LogP contribution in [0.2, 0.25) is 0 Å². The summed E-state index contributed by atoms with van der Waals surface area (Å²) >= 11 is 3.61. The Labute approximate surface area is 618 Å². The van der Waals surface area contributed by atoms with E-state index in [0.717, 1.165) is 27.2 Å². The van der Waals surface area contributed by atoms with Gasteiger partial charge in [0.2, 0.25) is 0 Å². The average Bonchev–Trinajstić information content (AvgIpc) is 0.749. The fourth-order valence-electron chi connectivity index (χ4n) is 16.8. The summed E-state index contributed by atoms with van der Waals surface area (Å²) in [5.41, 5.74) is 40.4. The minimum absolute atomic E-state index is 1.09. The van der Waals surface area contributed by atoms with E-state index in [4.69, 9.17) is 0 Å². The quantitative estimate of drug-likeness (QED) is 0.124. The normalized spacial score (nSPS) is 13.4. The molecule has 4 aliphatic rings. The second kappa shape index (κ2) is 31.6. The number of benzene rings is 14. The van der Waals surface area contributed by atoms with Gasteiger partial charge in [-0.3, -0.25) is 0 Å². The molecule has 0 saturated heterocycles. The molecule has 0 bridgehead atoms. The SMILES string of the molecule is Brc1ccc(-c2c3c(c(-c4ccccc4)c4c2CCCC4)CCCC3)cc1.c1ccc(-c2ccc(N(c3ccc(-c4ccccc4)cc3)c3ccc(-c4c5c(c(-c6ccccc6)c6c4CCCC6)CCCC5)cc3)cc2)cc1.c1ccc(-c2ccc(Nc3ccc(-c4ccccc4)cc3)cc2)cc1. The molecule has 0 atom stereocenters. The number of rotatable bonds is 13. The fraction of sp³-hybridized carbons (Fsp3) is 0.160. The Morgan fingerprint density at radius 2 is 0.359 bits per heavy atom. The van der Waals surface area contributed by atoms with Gasteiger partial charge in [-0.2, -0.15) is 0 Å². The molecule has 103 heavy (non-hydrogen) atoms. The molecule has 0 spiro atoms. The zero-order valence-corrected chi connectivity index (χ0v) is 60.4. The number of nitrogens with zero attached hydrogens (tertiary/aromatic N) is 1. The first-order valence-electron chi connectivity index (χ1n) is 37.6. The zero-order valence-electron chi connectivity index (χ0n) is 58.8. The smallest absolute Gasteiger partial charge is 0.0462 e. The Morgan fingerprint density at radius 3 is 0.592 bits per heavy atom. The lowest BCUT2D eigenvalue weighted by molar-refractivity contribution is 0.662. The second-order valence-electron chi connectivity index (χ2n) is 28.1. The molecule has 0 saturated carbocycles. The third kappa shape index (κ3) is 14.8. The molecule has 0 unspecified atom stereocenters. The van der Waals surface area contributed by atoms with Gasteiger partial charge in [0.1, 0.15) is 0 Å². The Kier molecular flexibility index (Phi) is 20.5. The molecule has 504 valence electrons. The zero-order chi connectivity index (χ0) is 69.1. The van der Waals surface area contributed by atoms with Crippen LogP contribution in [-0.2, 0) is 51.4 Å². The van der Waals surface area contributed by atoms with E-state index in [-0.39, 0.29) is 0 Å². The van der Waals surface area contributed by atoms with Crippen molar-refractivity contribution in [3.63, 3.8) is 0 Å². The first-order valence-corrected chi connectivity index (χ1v) is 38.4.